The van der Waals surface area contributed by atoms with Gasteiger partial charge in [0.25, 0.3) is 5.91 Å². The van der Waals surface area contributed by atoms with Gasteiger partial charge < -0.3 is 10.1 Å². The summed E-state index contributed by atoms with van der Waals surface area (Å²) in [5, 5.41) is 2.98. The molecule has 3 nitrogen and oxygen atoms in total. The normalized spacial score (nSPS) is 10.5. The van der Waals surface area contributed by atoms with Gasteiger partial charge in [-0.3, -0.25) is 4.79 Å². The van der Waals surface area contributed by atoms with Crippen LogP contribution < -0.4 is 10.1 Å². The van der Waals surface area contributed by atoms with E-state index in [9.17, 15) is 4.79 Å². The zero-order chi connectivity index (χ0) is 19.2. The Morgan fingerprint density at radius 1 is 1.00 bits per heavy atom. The topological polar surface area (TPSA) is 38.3 Å². The molecule has 1 N–H and O–H groups in total. The Bertz CT molecular complexity index is 935. The molecule has 3 aromatic rings. The Balaban J connectivity index is 1.77. The molecule has 0 aliphatic heterocycles. The van der Waals surface area contributed by atoms with E-state index >= 15 is 0 Å². The molecule has 0 spiro atoms. The van der Waals surface area contributed by atoms with Crippen molar-refractivity contribution in [1.82, 2.24) is 0 Å². The summed E-state index contributed by atoms with van der Waals surface area (Å²) in [6.07, 6.45) is 0. The van der Waals surface area contributed by atoms with Gasteiger partial charge in [-0.05, 0) is 55.8 Å². The number of methoxy groups -OCH3 is 1. The Hall–Kier alpha value is -2.72. The number of aryl methyl sites for hydroxylation is 2. The summed E-state index contributed by atoms with van der Waals surface area (Å²) in [5.74, 6) is 1.41. The third kappa shape index (κ3) is 4.92. The Kier molecular flexibility index (Phi) is 6.20. The fraction of sp³-hybridized carbons (Fsp3) is 0.174. The van der Waals surface area contributed by atoms with Crippen LogP contribution in [0.25, 0.3) is 0 Å². The monoisotopic (exact) mass is 377 g/mol. The van der Waals surface area contributed by atoms with Gasteiger partial charge in [-0.2, -0.15) is 0 Å². The second kappa shape index (κ2) is 8.78. The molecule has 1 amide bonds. The highest BCUT2D eigenvalue weighted by molar-refractivity contribution is 7.98. The Morgan fingerprint density at radius 2 is 1.74 bits per heavy atom. The molecule has 4 heteroatoms. The van der Waals surface area contributed by atoms with Crippen molar-refractivity contribution in [2.45, 2.75) is 24.5 Å². The summed E-state index contributed by atoms with van der Waals surface area (Å²) < 4.78 is 5.48. The molecule has 27 heavy (non-hydrogen) atoms. The second-order valence-electron chi connectivity index (χ2n) is 6.40. The predicted octanol–water partition coefficient (Wildman–Crippen LogP) is 5.86. The van der Waals surface area contributed by atoms with Crippen molar-refractivity contribution < 1.29 is 9.53 Å². The van der Waals surface area contributed by atoms with Crippen LogP contribution in [0.2, 0.25) is 0 Å². The highest BCUT2D eigenvalue weighted by Crippen LogP contribution is 2.29. The average Bonchev–Trinajstić information content (AvgIpc) is 2.69. The van der Waals surface area contributed by atoms with E-state index < -0.39 is 0 Å². The van der Waals surface area contributed by atoms with Crippen molar-refractivity contribution in [2.24, 2.45) is 0 Å². The lowest BCUT2D eigenvalue weighted by molar-refractivity contribution is 0.102. The number of hydrogen-bond acceptors (Lipinski definition) is 3. The van der Waals surface area contributed by atoms with Crippen LogP contribution in [-0.4, -0.2) is 13.0 Å². The molecule has 0 aromatic heterocycles. The molecule has 0 unspecified atom stereocenters. The highest BCUT2D eigenvalue weighted by atomic mass is 32.2. The van der Waals surface area contributed by atoms with Crippen molar-refractivity contribution in [1.29, 1.82) is 0 Å². The smallest absolute Gasteiger partial charge is 0.255 e. The number of hydrogen-bond donors (Lipinski definition) is 1. The summed E-state index contributed by atoms with van der Waals surface area (Å²) in [6, 6.07) is 21.8. The summed E-state index contributed by atoms with van der Waals surface area (Å²) >= 11 is 1.73. The number of benzene rings is 3. The Labute approximate surface area is 164 Å². The van der Waals surface area contributed by atoms with Gasteiger partial charge >= 0.3 is 0 Å². The number of anilines is 1. The van der Waals surface area contributed by atoms with Crippen LogP contribution in [0, 0.1) is 13.8 Å². The van der Waals surface area contributed by atoms with Gasteiger partial charge in [0.15, 0.2) is 0 Å². The van der Waals surface area contributed by atoms with Crippen molar-refractivity contribution >= 4 is 23.4 Å². The zero-order valence-electron chi connectivity index (χ0n) is 15.8. The molecule has 0 bridgehead atoms. The maximum absolute atomic E-state index is 12.7. The number of carbonyl (C=O) groups excluding carboxylic acids is 1. The van der Waals surface area contributed by atoms with E-state index in [-0.39, 0.29) is 5.91 Å². The van der Waals surface area contributed by atoms with Gasteiger partial charge in [-0.1, -0.05) is 35.9 Å². The van der Waals surface area contributed by atoms with Crippen LogP contribution in [0.15, 0.2) is 71.6 Å². The lowest BCUT2D eigenvalue weighted by Crippen LogP contribution is -2.13. The first-order chi connectivity index (χ1) is 13.1. The largest absolute Gasteiger partial charge is 0.496 e. The summed E-state index contributed by atoms with van der Waals surface area (Å²) in [6.45, 7) is 4.06. The summed E-state index contributed by atoms with van der Waals surface area (Å²) in [5.41, 5.74) is 4.73. The fourth-order valence-corrected chi connectivity index (χ4v) is 3.61. The third-order valence-electron chi connectivity index (χ3n) is 4.35. The van der Waals surface area contributed by atoms with Crippen LogP contribution >= 0.6 is 11.8 Å². The molecule has 0 heterocycles. The first kappa shape index (κ1) is 19.1. The maximum Gasteiger partial charge on any atom is 0.255 e. The number of para-hydroxylation sites is 1. The number of thioether (sulfide) groups is 1. The van der Waals surface area contributed by atoms with E-state index in [0.29, 0.717) is 5.56 Å². The molecule has 0 radical (unpaired) electrons. The SMILES string of the molecule is COc1ccc(C(=O)Nc2ccccc2C)cc1CSc1ccc(C)cc1. The second-order valence-corrected chi connectivity index (χ2v) is 7.45. The van der Waals surface area contributed by atoms with E-state index in [0.717, 1.165) is 28.3 Å². The molecule has 3 rings (SSSR count). The van der Waals surface area contributed by atoms with Gasteiger partial charge in [-0.25, -0.2) is 0 Å². The minimum atomic E-state index is -0.117. The van der Waals surface area contributed by atoms with Crippen molar-refractivity contribution in [3.05, 3.63) is 89.0 Å². The number of rotatable bonds is 6. The first-order valence-corrected chi connectivity index (χ1v) is 9.79. The molecule has 0 aliphatic rings. The van der Waals surface area contributed by atoms with E-state index in [1.807, 2.05) is 43.3 Å². The summed E-state index contributed by atoms with van der Waals surface area (Å²) in [7, 11) is 1.66. The van der Waals surface area contributed by atoms with Crippen LogP contribution in [0.5, 0.6) is 5.75 Å². The molecule has 0 saturated carbocycles. The molecule has 138 valence electrons. The minimum Gasteiger partial charge on any atom is -0.496 e. The standard InChI is InChI=1S/C23H23NO2S/c1-16-8-11-20(12-9-16)27-15-19-14-18(10-13-22(19)26-3)23(25)24-21-7-5-4-6-17(21)2/h4-14H,15H2,1-3H3,(H,24,25). The van der Waals surface area contributed by atoms with Gasteiger partial charge in [0.2, 0.25) is 0 Å². The number of ether oxygens (including phenoxy) is 1. The highest BCUT2D eigenvalue weighted by Gasteiger charge is 2.12. The van der Waals surface area contributed by atoms with E-state index in [1.54, 1.807) is 24.9 Å². The lowest BCUT2D eigenvalue weighted by atomic mass is 10.1. The lowest BCUT2D eigenvalue weighted by Gasteiger charge is -2.12. The van der Waals surface area contributed by atoms with Crippen LogP contribution in [0.3, 0.4) is 0 Å². The zero-order valence-corrected chi connectivity index (χ0v) is 16.6. The third-order valence-corrected chi connectivity index (χ3v) is 5.41. The maximum atomic E-state index is 12.7. The fourth-order valence-electron chi connectivity index (χ4n) is 2.74. The number of carbonyl (C=O) groups is 1. The van der Waals surface area contributed by atoms with E-state index in [2.05, 4.69) is 36.5 Å². The van der Waals surface area contributed by atoms with Gasteiger partial charge in [0.05, 0.1) is 7.11 Å². The first-order valence-electron chi connectivity index (χ1n) is 8.80. The van der Waals surface area contributed by atoms with Gasteiger partial charge in [-0.15, -0.1) is 11.8 Å². The molecule has 3 aromatic carbocycles. The predicted molar refractivity (Wildman–Crippen MR) is 113 cm³/mol. The quantitative estimate of drug-likeness (QED) is 0.547. The van der Waals surface area contributed by atoms with E-state index in [4.69, 9.17) is 4.74 Å². The molecule has 0 fully saturated rings. The van der Waals surface area contributed by atoms with Crippen molar-refractivity contribution in [3.63, 3.8) is 0 Å². The number of nitrogens with one attached hydrogen (secondary N) is 1. The van der Waals surface area contributed by atoms with Crippen molar-refractivity contribution in [2.75, 3.05) is 12.4 Å². The number of amides is 1. The molecule has 0 aliphatic carbocycles. The van der Waals surface area contributed by atoms with Crippen LogP contribution in [-0.2, 0) is 5.75 Å². The van der Waals surface area contributed by atoms with Gasteiger partial charge in [0.1, 0.15) is 5.75 Å². The molecular formula is C23H23NO2S. The van der Waals surface area contributed by atoms with Gasteiger partial charge in [0, 0.05) is 27.5 Å². The van der Waals surface area contributed by atoms with E-state index in [1.165, 1.54) is 10.5 Å². The van der Waals surface area contributed by atoms with Crippen LogP contribution in [0.1, 0.15) is 27.0 Å². The minimum absolute atomic E-state index is 0.117. The van der Waals surface area contributed by atoms with Crippen molar-refractivity contribution in [3.8, 4) is 5.75 Å². The van der Waals surface area contributed by atoms with Crippen LogP contribution in [0.4, 0.5) is 5.69 Å². The molecule has 0 atom stereocenters. The molecule has 0 saturated heterocycles. The average molecular weight is 378 g/mol. The Morgan fingerprint density at radius 3 is 2.44 bits per heavy atom. The molecular weight excluding hydrogens is 354 g/mol. The summed E-state index contributed by atoms with van der Waals surface area (Å²) in [4.78, 5) is 13.9.